The molecule has 124 valence electrons. The summed E-state index contributed by atoms with van der Waals surface area (Å²) in [5, 5.41) is 16.5. The number of nitrogens with two attached hydrogens (primary N) is 1. The molecule has 0 spiro atoms. The van der Waals surface area contributed by atoms with E-state index in [1.165, 1.54) is 36.0 Å². The second-order valence-electron chi connectivity index (χ2n) is 4.92. The summed E-state index contributed by atoms with van der Waals surface area (Å²) in [4.78, 5) is 11.9. The number of nitriles is 1. The lowest BCUT2D eigenvalue weighted by Crippen LogP contribution is -2.15. The Morgan fingerprint density at radius 1 is 1.21 bits per heavy atom. The lowest BCUT2D eigenvalue weighted by molar-refractivity contribution is -0.113. The first-order valence-electron chi connectivity index (χ1n) is 6.88. The molecule has 0 heterocycles. The Bertz CT molecular complexity index is 872. The van der Waals surface area contributed by atoms with Crippen LogP contribution in [0.2, 0.25) is 0 Å². The molecule has 0 bridgehead atoms. The van der Waals surface area contributed by atoms with Crippen LogP contribution in [0, 0.1) is 11.3 Å². The lowest BCUT2D eigenvalue weighted by Gasteiger charge is -2.06. The highest BCUT2D eigenvalue weighted by molar-refractivity contribution is 7.99. The van der Waals surface area contributed by atoms with Crippen molar-refractivity contribution in [1.29, 1.82) is 5.26 Å². The van der Waals surface area contributed by atoms with E-state index in [1.807, 2.05) is 12.1 Å². The number of rotatable bonds is 6. The van der Waals surface area contributed by atoms with Gasteiger partial charge in [0.25, 0.3) is 0 Å². The molecule has 2 aromatic rings. The maximum atomic E-state index is 11.9. The molecule has 6 nitrogen and oxygen atoms in total. The highest BCUT2D eigenvalue weighted by atomic mass is 32.2. The molecule has 0 aliphatic rings. The first-order valence-corrected chi connectivity index (χ1v) is 9.58. The van der Waals surface area contributed by atoms with Gasteiger partial charge in [0.15, 0.2) is 0 Å². The molecule has 0 aromatic heterocycles. The van der Waals surface area contributed by atoms with Crippen molar-refractivity contribution in [1.82, 2.24) is 0 Å². The first kappa shape index (κ1) is 18.0. The van der Waals surface area contributed by atoms with Gasteiger partial charge in [-0.25, -0.2) is 13.6 Å². The van der Waals surface area contributed by atoms with Crippen molar-refractivity contribution in [3.63, 3.8) is 0 Å². The number of anilines is 1. The molecule has 0 saturated carbocycles. The van der Waals surface area contributed by atoms with Crippen molar-refractivity contribution in [2.75, 3.05) is 11.1 Å². The number of benzene rings is 2. The maximum absolute atomic E-state index is 11.9. The number of carbonyl (C=O) groups excluding carboxylic acids is 1. The van der Waals surface area contributed by atoms with Gasteiger partial charge in [-0.3, -0.25) is 4.79 Å². The van der Waals surface area contributed by atoms with E-state index in [2.05, 4.69) is 11.4 Å². The third-order valence-electron chi connectivity index (χ3n) is 3.02. The molecule has 8 heteroatoms. The Morgan fingerprint density at radius 2 is 1.92 bits per heavy atom. The number of nitrogens with one attached hydrogen (secondary N) is 1. The van der Waals surface area contributed by atoms with Crippen LogP contribution in [0.3, 0.4) is 0 Å². The Balaban J connectivity index is 1.84. The van der Waals surface area contributed by atoms with Gasteiger partial charge in [-0.15, -0.1) is 11.8 Å². The van der Waals surface area contributed by atoms with E-state index >= 15 is 0 Å². The van der Waals surface area contributed by atoms with Crippen molar-refractivity contribution >= 4 is 33.4 Å². The molecule has 2 rings (SSSR count). The normalized spacial score (nSPS) is 10.8. The predicted molar refractivity (Wildman–Crippen MR) is 93.8 cm³/mol. The zero-order chi connectivity index (χ0) is 17.6. The average molecular weight is 361 g/mol. The molecule has 0 unspecified atom stereocenters. The van der Waals surface area contributed by atoms with Crippen LogP contribution in [0.1, 0.15) is 11.1 Å². The third-order valence-corrected chi connectivity index (χ3v) is 4.96. The minimum Gasteiger partial charge on any atom is -0.325 e. The summed E-state index contributed by atoms with van der Waals surface area (Å²) in [6.07, 6.45) is 0. The van der Waals surface area contributed by atoms with E-state index in [0.717, 1.165) is 5.56 Å². The number of hydrogen-bond donors (Lipinski definition) is 2. The maximum Gasteiger partial charge on any atom is 0.238 e. The summed E-state index contributed by atoms with van der Waals surface area (Å²) in [5.41, 5.74) is 2.07. The van der Waals surface area contributed by atoms with E-state index in [-0.39, 0.29) is 16.6 Å². The number of hydrogen-bond acceptors (Lipinski definition) is 5. The molecule has 0 fully saturated rings. The van der Waals surface area contributed by atoms with Crippen molar-refractivity contribution in [3.05, 3.63) is 59.7 Å². The molecule has 24 heavy (non-hydrogen) atoms. The number of amides is 1. The van der Waals surface area contributed by atoms with Gasteiger partial charge in [0.1, 0.15) is 0 Å². The zero-order valence-electron chi connectivity index (χ0n) is 12.6. The van der Waals surface area contributed by atoms with E-state index in [9.17, 15) is 13.2 Å². The predicted octanol–water partition coefficient (Wildman–Crippen LogP) is 2.08. The SMILES string of the molecule is N#Cc1cccc(CSCC(=O)Nc2ccc(S(N)(=O)=O)cc2)c1. The second kappa shape index (κ2) is 7.97. The van der Waals surface area contributed by atoms with Gasteiger partial charge in [-0.05, 0) is 42.0 Å². The zero-order valence-corrected chi connectivity index (χ0v) is 14.2. The van der Waals surface area contributed by atoms with Crippen LogP contribution in [0.4, 0.5) is 5.69 Å². The van der Waals surface area contributed by atoms with E-state index < -0.39 is 10.0 Å². The summed E-state index contributed by atoms with van der Waals surface area (Å²) in [5.74, 6) is 0.667. The van der Waals surface area contributed by atoms with Crippen LogP contribution in [-0.4, -0.2) is 20.1 Å². The average Bonchev–Trinajstić information content (AvgIpc) is 2.54. The fraction of sp³-hybridized carbons (Fsp3) is 0.125. The molecular formula is C16H15N3O3S2. The van der Waals surface area contributed by atoms with Gasteiger partial charge in [-0.1, -0.05) is 12.1 Å². The van der Waals surface area contributed by atoms with Gasteiger partial charge in [0.2, 0.25) is 15.9 Å². The topological polar surface area (TPSA) is 113 Å². The van der Waals surface area contributed by atoms with Crippen molar-refractivity contribution in [3.8, 4) is 6.07 Å². The Labute approximate surface area is 144 Å². The summed E-state index contributed by atoms with van der Waals surface area (Å²) >= 11 is 1.42. The minimum absolute atomic E-state index is 0.00718. The molecule has 3 N–H and O–H groups in total. The van der Waals surface area contributed by atoms with Gasteiger partial charge < -0.3 is 5.32 Å². The van der Waals surface area contributed by atoms with E-state index in [4.69, 9.17) is 10.4 Å². The minimum atomic E-state index is -3.74. The van der Waals surface area contributed by atoms with Crippen LogP contribution in [0.5, 0.6) is 0 Å². The van der Waals surface area contributed by atoms with Gasteiger partial charge in [-0.2, -0.15) is 5.26 Å². The van der Waals surface area contributed by atoms with Gasteiger partial charge in [0.05, 0.1) is 22.3 Å². The van der Waals surface area contributed by atoms with E-state index in [1.54, 1.807) is 12.1 Å². The molecule has 0 aliphatic heterocycles. The molecule has 2 aromatic carbocycles. The summed E-state index contributed by atoms with van der Waals surface area (Å²) in [6.45, 7) is 0. The number of nitrogens with zero attached hydrogens (tertiary/aromatic N) is 1. The summed E-state index contributed by atoms with van der Waals surface area (Å²) in [6, 6.07) is 14.9. The number of primary sulfonamides is 1. The smallest absolute Gasteiger partial charge is 0.238 e. The van der Waals surface area contributed by atoms with Crippen molar-refractivity contribution in [2.24, 2.45) is 5.14 Å². The number of thioether (sulfide) groups is 1. The Kier molecular flexibility index (Phi) is 5.98. The Morgan fingerprint density at radius 3 is 2.54 bits per heavy atom. The fourth-order valence-corrected chi connectivity index (χ4v) is 3.21. The van der Waals surface area contributed by atoms with Crippen molar-refractivity contribution < 1.29 is 13.2 Å². The van der Waals surface area contributed by atoms with Crippen LogP contribution >= 0.6 is 11.8 Å². The lowest BCUT2D eigenvalue weighted by atomic mass is 10.2. The standard InChI is InChI=1S/C16H15N3O3S2/c17-9-12-2-1-3-13(8-12)10-23-11-16(20)19-14-4-6-15(7-5-14)24(18,21)22/h1-8H,10-11H2,(H,19,20)(H2,18,21,22). The first-order chi connectivity index (χ1) is 11.4. The fourth-order valence-electron chi connectivity index (χ4n) is 1.92. The van der Waals surface area contributed by atoms with Crippen LogP contribution in [0.15, 0.2) is 53.4 Å². The van der Waals surface area contributed by atoms with Gasteiger partial charge in [0, 0.05) is 11.4 Å². The van der Waals surface area contributed by atoms with Gasteiger partial charge >= 0.3 is 0 Å². The number of carbonyl (C=O) groups is 1. The van der Waals surface area contributed by atoms with Crippen molar-refractivity contribution in [2.45, 2.75) is 10.6 Å². The molecule has 0 radical (unpaired) electrons. The molecular weight excluding hydrogens is 346 g/mol. The molecule has 0 atom stereocenters. The van der Waals surface area contributed by atoms with Crippen LogP contribution < -0.4 is 10.5 Å². The monoisotopic (exact) mass is 361 g/mol. The Hall–Kier alpha value is -2.34. The van der Waals surface area contributed by atoms with Crippen LogP contribution in [0.25, 0.3) is 0 Å². The highest BCUT2D eigenvalue weighted by Crippen LogP contribution is 2.16. The molecule has 0 aliphatic carbocycles. The largest absolute Gasteiger partial charge is 0.325 e. The summed E-state index contributed by atoms with van der Waals surface area (Å²) < 4.78 is 22.3. The van der Waals surface area contributed by atoms with Crippen LogP contribution in [-0.2, 0) is 20.6 Å². The number of sulfonamides is 1. The third kappa shape index (κ3) is 5.38. The molecule has 1 amide bonds. The second-order valence-corrected chi connectivity index (χ2v) is 7.47. The van der Waals surface area contributed by atoms with E-state index in [0.29, 0.717) is 17.0 Å². The molecule has 0 saturated heterocycles. The quantitative estimate of drug-likeness (QED) is 0.818. The highest BCUT2D eigenvalue weighted by Gasteiger charge is 2.08. The summed E-state index contributed by atoms with van der Waals surface area (Å²) in [7, 11) is -3.74.